The molecular weight excluding hydrogens is 444 g/mol. The van der Waals surface area contributed by atoms with E-state index in [1.807, 2.05) is 48.5 Å². The molecule has 0 saturated carbocycles. The second-order valence-corrected chi connectivity index (χ2v) is 11.2. The van der Waals surface area contributed by atoms with E-state index in [2.05, 4.69) is 0 Å². The van der Waals surface area contributed by atoms with E-state index in [1.165, 1.54) is 0 Å². The van der Waals surface area contributed by atoms with Gasteiger partial charge in [0.25, 0.3) is 16.0 Å². The molecular formula is C24H48N2O8. The van der Waals surface area contributed by atoms with Gasteiger partial charge >= 0.3 is 0 Å². The highest BCUT2D eigenvalue weighted by Crippen LogP contribution is 2.61. The summed E-state index contributed by atoms with van der Waals surface area (Å²) in [7, 11) is 0. The van der Waals surface area contributed by atoms with Crippen LogP contribution >= 0.6 is 0 Å². The smallest absolute Gasteiger partial charge is 0.279 e. The first-order valence-corrected chi connectivity index (χ1v) is 12.6. The van der Waals surface area contributed by atoms with E-state index >= 15 is 0 Å². The molecule has 10 nitrogen and oxygen atoms in total. The third-order valence-corrected chi connectivity index (χ3v) is 7.10. The van der Waals surface area contributed by atoms with Crippen LogP contribution in [0.2, 0.25) is 0 Å². The summed E-state index contributed by atoms with van der Waals surface area (Å²) < 4.78 is 0. The third kappa shape index (κ3) is 7.66. The summed E-state index contributed by atoms with van der Waals surface area (Å²) in [4.78, 5) is 45.2. The van der Waals surface area contributed by atoms with Crippen molar-refractivity contribution in [3.8, 4) is 0 Å². The van der Waals surface area contributed by atoms with Gasteiger partial charge in [-0.15, -0.1) is 20.2 Å². The highest BCUT2D eigenvalue weighted by Gasteiger charge is 2.66. The average Bonchev–Trinajstić information content (AvgIpc) is 2.69. The standard InChI is InChI=1S/C24H48N2O8/c1-11-15-17-19(13-3)20(31-25(27)28)32-34-24(22(8,9)10,33-26(29)30)23(14-4,18-16-12-2)21(5,6)7/h19-20H,11-18H2,1-10H3. The van der Waals surface area contributed by atoms with Gasteiger partial charge < -0.3 is 0 Å². The lowest BCUT2D eigenvalue weighted by atomic mass is 9.53. The quantitative estimate of drug-likeness (QED) is 0.0898. The molecule has 0 radical (unpaired) electrons. The molecule has 0 heterocycles. The van der Waals surface area contributed by atoms with Gasteiger partial charge in [-0.25, -0.2) is 4.89 Å². The first-order chi connectivity index (χ1) is 15.6. The molecule has 10 heteroatoms. The van der Waals surface area contributed by atoms with E-state index in [0.29, 0.717) is 25.7 Å². The van der Waals surface area contributed by atoms with Crippen LogP contribution in [0, 0.1) is 42.4 Å². The van der Waals surface area contributed by atoms with E-state index in [-0.39, 0.29) is 5.92 Å². The summed E-state index contributed by atoms with van der Waals surface area (Å²) in [5, 5.41) is 21.4. The Morgan fingerprint density at radius 3 is 1.74 bits per heavy atom. The van der Waals surface area contributed by atoms with Crippen molar-refractivity contribution in [2.75, 3.05) is 0 Å². The summed E-state index contributed by atoms with van der Waals surface area (Å²) in [5.41, 5.74) is -2.32. The molecule has 0 aromatic carbocycles. The number of rotatable bonds is 17. The highest BCUT2D eigenvalue weighted by molar-refractivity contribution is 5.05. The largest absolute Gasteiger partial charge is 0.297 e. The molecule has 0 N–H and O–H groups in total. The van der Waals surface area contributed by atoms with Gasteiger partial charge in [-0.05, 0) is 31.1 Å². The van der Waals surface area contributed by atoms with Crippen LogP contribution in [-0.2, 0) is 19.5 Å². The predicted octanol–water partition coefficient (Wildman–Crippen LogP) is 7.27. The number of nitrogens with zero attached hydrogens (tertiary/aromatic N) is 2. The van der Waals surface area contributed by atoms with Crippen LogP contribution in [0.15, 0.2) is 0 Å². The Balaban J connectivity index is 6.77. The summed E-state index contributed by atoms with van der Waals surface area (Å²) in [6, 6.07) is 0. The molecule has 0 aliphatic carbocycles. The van der Waals surface area contributed by atoms with Crippen molar-refractivity contribution < 1.29 is 29.6 Å². The van der Waals surface area contributed by atoms with Crippen LogP contribution in [-0.4, -0.2) is 22.3 Å². The van der Waals surface area contributed by atoms with Gasteiger partial charge in [-0.3, -0.25) is 9.68 Å². The normalized spacial score (nSPS) is 17.8. The second kappa shape index (κ2) is 13.4. The highest BCUT2D eigenvalue weighted by atomic mass is 17.3. The Morgan fingerprint density at radius 1 is 0.824 bits per heavy atom. The maximum absolute atomic E-state index is 11.9. The van der Waals surface area contributed by atoms with Gasteiger partial charge in [0.05, 0.1) is 0 Å². The summed E-state index contributed by atoms with van der Waals surface area (Å²) in [6.45, 7) is 19.3. The van der Waals surface area contributed by atoms with Crippen molar-refractivity contribution in [1.82, 2.24) is 0 Å². The first kappa shape index (κ1) is 32.3. The van der Waals surface area contributed by atoms with E-state index in [9.17, 15) is 20.2 Å². The predicted molar refractivity (Wildman–Crippen MR) is 129 cm³/mol. The maximum Gasteiger partial charge on any atom is 0.297 e. The van der Waals surface area contributed by atoms with Crippen molar-refractivity contribution in [3.05, 3.63) is 20.2 Å². The van der Waals surface area contributed by atoms with Crippen molar-refractivity contribution in [2.24, 2.45) is 22.2 Å². The molecule has 0 rings (SSSR count). The lowest BCUT2D eigenvalue weighted by molar-refractivity contribution is -0.834. The fourth-order valence-electron chi connectivity index (χ4n) is 5.10. The van der Waals surface area contributed by atoms with Crippen molar-refractivity contribution in [1.29, 1.82) is 0 Å². The molecule has 0 bridgehead atoms. The number of hydrogen-bond donors (Lipinski definition) is 0. The minimum absolute atomic E-state index is 0.333. The summed E-state index contributed by atoms with van der Waals surface area (Å²) in [5.74, 6) is -2.20. The Kier molecular flexibility index (Phi) is 12.8. The monoisotopic (exact) mass is 492 g/mol. The van der Waals surface area contributed by atoms with Gasteiger partial charge in [-0.2, -0.15) is 4.89 Å². The topological polar surface area (TPSA) is 123 Å². The van der Waals surface area contributed by atoms with Crippen molar-refractivity contribution >= 4 is 0 Å². The van der Waals surface area contributed by atoms with Gasteiger partial charge in [0.2, 0.25) is 6.29 Å². The molecule has 0 spiro atoms. The van der Waals surface area contributed by atoms with Crippen LogP contribution in [0.4, 0.5) is 0 Å². The van der Waals surface area contributed by atoms with Gasteiger partial charge in [0.15, 0.2) is 0 Å². The molecule has 0 aliphatic heterocycles. The minimum atomic E-state index is -1.87. The third-order valence-electron chi connectivity index (χ3n) is 7.10. The zero-order valence-corrected chi connectivity index (χ0v) is 23.0. The summed E-state index contributed by atoms with van der Waals surface area (Å²) in [6.07, 6.45) is 4.30. The fourth-order valence-corrected chi connectivity index (χ4v) is 5.10. The van der Waals surface area contributed by atoms with Crippen molar-refractivity contribution in [2.45, 2.75) is 133 Å². The zero-order chi connectivity index (χ0) is 26.8. The Hall–Kier alpha value is -1.68. The van der Waals surface area contributed by atoms with Crippen LogP contribution in [0.1, 0.15) is 121 Å². The zero-order valence-electron chi connectivity index (χ0n) is 23.0. The number of hydrogen-bond acceptors (Lipinski definition) is 8. The first-order valence-electron chi connectivity index (χ1n) is 12.6. The van der Waals surface area contributed by atoms with E-state index < -0.39 is 38.5 Å². The van der Waals surface area contributed by atoms with E-state index in [4.69, 9.17) is 19.5 Å². The van der Waals surface area contributed by atoms with E-state index in [0.717, 1.165) is 25.7 Å². The molecule has 0 amide bonds. The van der Waals surface area contributed by atoms with Gasteiger partial charge in [0, 0.05) is 16.7 Å². The Morgan fingerprint density at radius 2 is 1.38 bits per heavy atom. The van der Waals surface area contributed by atoms with Crippen LogP contribution < -0.4 is 0 Å². The van der Waals surface area contributed by atoms with Crippen LogP contribution in [0.25, 0.3) is 0 Å². The molecule has 0 aliphatic rings. The van der Waals surface area contributed by atoms with Crippen molar-refractivity contribution in [3.63, 3.8) is 0 Å². The Labute approximate surface area is 205 Å². The minimum Gasteiger partial charge on any atom is -0.279 e. The molecule has 34 heavy (non-hydrogen) atoms. The van der Waals surface area contributed by atoms with Gasteiger partial charge in [-0.1, -0.05) is 94.9 Å². The van der Waals surface area contributed by atoms with Crippen LogP contribution in [0.5, 0.6) is 0 Å². The lowest BCUT2D eigenvalue weighted by Crippen LogP contribution is -2.65. The molecule has 0 aromatic heterocycles. The molecule has 4 atom stereocenters. The summed E-state index contributed by atoms with van der Waals surface area (Å²) >= 11 is 0. The maximum atomic E-state index is 11.9. The van der Waals surface area contributed by atoms with E-state index in [1.54, 1.807) is 20.8 Å². The second-order valence-electron chi connectivity index (χ2n) is 11.2. The molecule has 0 saturated heterocycles. The average molecular weight is 493 g/mol. The Bertz CT molecular complexity index is 631. The SMILES string of the molecule is CCCCC(CC)C(OOC(O[N+](=O)[O-])(C(C)(C)C)C(CC)(CCCC)C(C)(C)C)O[N+](=O)[O-]. The van der Waals surface area contributed by atoms with Gasteiger partial charge in [0.1, 0.15) is 0 Å². The molecule has 0 fully saturated rings. The lowest BCUT2D eigenvalue weighted by Gasteiger charge is -2.59. The molecule has 4 unspecified atom stereocenters. The number of unbranched alkanes of at least 4 members (excludes halogenated alkanes) is 2. The fraction of sp³-hybridized carbons (Fsp3) is 1.00. The van der Waals surface area contributed by atoms with Crippen LogP contribution in [0.3, 0.4) is 0 Å². The molecule has 0 aromatic rings. The molecule has 202 valence electrons.